The molecule has 0 amide bonds. The summed E-state index contributed by atoms with van der Waals surface area (Å²) in [6.07, 6.45) is 1.43. The van der Waals surface area contributed by atoms with Gasteiger partial charge in [-0.05, 0) is 13.8 Å². The summed E-state index contributed by atoms with van der Waals surface area (Å²) in [5.74, 6) is -1.11. The number of carbonyl (C=O) groups is 1. The molecule has 0 saturated heterocycles. The quantitative estimate of drug-likeness (QED) is 0.683. The van der Waals surface area contributed by atoms with Gasteiger partial charge in [0, 0.05) is 29.9 Å². The summed E-state index contributed by atoms with van der Waals surface area (Å²) in [5.41, 5.74) is 0.572. The maximum Gasteiger partial charge on any atom is 0.339 e. The van der Waals surface area contributed by atoms with Crippen molar-refractivity contribution in [3.63, 3.8) is 0 Å². The third kappa shape index (κ3) is 2.51. The van der Waals surface area contributed by atoms with Crippen LogP contribution in [0.3, 0.4) is 0 Å². The van der Waals surface area contributed by atoms with Crippen molar-refractivity contribution in [2.75, 3.05) is 0 Å². The number of hydrogen-bond acceptors (Lipinski definition) is 4. The van der Waals surface area contributed by atoms with Crippen LogP contribution >= 0.6 is 0 Å². The van der Waals surface area contributed by atoms with Gasteiger partial charge >= 0.3 is 5.97 Å². The molecule has 1 N–H and O–H groups in total. The molecule has 7 nitrogen and oxygen atoms in total. The lowest BCUT2D eigenvalue weighted by Gasteiger charge is -2.03. The first-order valence-electron chi connectivity index (χ1n) is 5.97. The van der Waals surface area contributed by atoms with E-state index in [-0.39, 0.29) is 23.0 Å². The highest BCUT2D eigenvalue weighted by Crippen LogP contribution is 2.26. The van der Waals surface area contributed by atoms with Crippen LogP contribution in [-0.2, 0) is 0 Å². The van der Waals surface area contributed by atoms with E-state index in [0.717, 1.165) is 0 Å². The van der Waals surface area contributed by atoms with Crippen molar-refractivity contribution in [1.82, 2.24) is 9.78 Å². The van der Waals surface area contributed by atoms with Crippen molar-refractivity contribution < 1.29 is 14.8 Å². The van der Waals surface area contributed by atoms with E-state index < -0.39 is 10.9 Å². The highest BCUT2D eigenvalue weighted by molar-refractivity contribution is 5.94. The van der Waals surface area contributed by atoms with Gasteiger partial charge in [0.1, 0.15) is 11.3 Å². The van der Waals surface area contributed by atoms with Gasteiger partial charge in [0.25, 0.3) is 5.69 Å². The van der Waals surface area contributed by atoms with Crippen LogP contribution in [0.4, 0.5) is 5.69 Å². The molecule has 0 aliphatic carbocycles. The fourth-order valence-corrected chi connectivity index (χ4v) is 1.79. The molecule has 0 radical (unpaired) electrons. The van der Waals surface area contributed by atoms with Crippen LogP contribution in [0, 0.1) is 10.1 Å². The molecule has 0 fully saturated rings. The van der Waals surface area contributed by atoms with Gasteiger partial charge in [0.2, 0.25) is 0 Å². The van der Waals surface area contributed by atoms with E-state index in [2.05, 4.69) is 5.10 Å². The van der Waals surface area contributed by atoms with Crippen LogP contribution in [0.1, 0.15) is 30.2 Å². The monoisotopic (exact) mass is 275 g/mol. The van der Waals surface area contributed by atoms with Crippen molar-refractivity contribution in [3.05, 3.63) is 46.1 Å². The molecule has 0 saturated carbocycles. The van der Waals surface area contributed by atoms with Crippen LogP contribution < -0.4 is 0 Å². The molecule has 2 rings (SSSR count). The largest absolute Gasteiger partial charge is 0.478 e. The number of aromatic carboxylic acids is 1. The van der Waals surface area contributed by atoms with Gasteiger partial charge in [0.15, 0.2) is 0 Å². The Balaban J connectivity index is 2.59. The maximum absolute atomic E-state index is 11.3. The van der Waals surface area contributed by atoms with Gasteiger partial charge in [-0.15, -0.1) is 0 Å². The molecule has 0 aliphatic rings. The SMILES string of the molecule is CC(C)n1cc(C(=O)O)c(-c2cccc([N+](=O)[O-])c2)n1. The maximum atomic E-state index is 11.3. The first-order valence-corrected chi connectivity index (χ1v) is 5.97. The average Bonchev–Trinajstić information content (AvgIpc) is 2.84. The minimum atomic E-state index is -1.11. The summed E-state index contributed by atoms with van der Waals surface area (Å²) in [6, 6.07) is 5.78. The lowest BCUT2D eigenvalue weighted by Crippen LogP contribution is -2.00. The number of aromatic nitrogens is 2. The van der Waals surface area contributed by atoms with E-state index in [1.165, 1.54) is 29.1 Å². The number of hydrogen-bond donors (Lipinski definition) is 1. The lowest BCUT2D eigenvalue weighted by atomic mass is 10.1. The van der Waals surface area contributed by atoms with Crippen LogP contribution in [-0.4, -0.2) is 25.8 Å². The molecule has 0 bridgehead atoms. The highest BCUT2D eigenvalue weighted by atomic mass is 16.6. The van der Waals surface area contributed by atoms with Crippen molar-refractivity contribution in [2.24, 2.45) is 0 Å². The number of nitro benzene ring substituents is 1. The van der Waals surface area contributed by atoms with Crippen molar-refractivity contribution >= 4 is 11.7 Å². The lowest BCUT2D eigenvalue weighted by molar-refractivity contribution is -0.384. The Labute approximate surface area is 114 Å². The zero-order chi connectivity index (χ0) is 14.9. The molecule has 1 aromatic heterocycles. The molecule has 0 atom stereocenters. The second-order valence-corrected chi connectivity index (χ2v) is 4.58. The summed E-state index contributed by atoms with van der Waals surface area (Å²) < 4.78 is 1.53. The van der Waals surface area contributed by atoms with Gasteiger partial charge in [0.05, 0.1) is 4.92 Å². The molecule has 0 aliphatic heterocycles. The van der Waals surface area contributed by atoms with Gasteiger partial charge in [-0.2, -0.15) is 5.10 Å². The molecule has 104 valence electrons. The number of nitro groups is 1. The predicted molar refractivity (Wildman–Crippen MR) is 71.7 cm³/mol. The molecule has 7 heteroatoms. The van der Waals surface area contributed by atoms with E-state index in [1.807, 2.05) is 13.8 Å². The number of nitrogens with zero attached hydrogens (tertiary/aromatic N) is 3. The molecule has 0 spiro atoms. The van der Waals surface area contributed by atoms with E-state index in [1.54, 1.807) is 6.07 Å². The Bertz CT molecular complexity index is 676. The Morgan fingerprint density at radius 3 is 2.70 bits per heavy atom. The van der Waals surface area contributed by atoms with Gasteiger partial charge in [-0.3, -0.25) is 14.8 Å². The fourth-order valence-electron chi connectivity index (χ4n) is 1.79. The summed E-state index contributed by atoms with van der Waals surface area (Å²) in [6.45, 7) is 3.74. The molecule has 1 heterocycles. The van der Waals surface area contributed by atoms with Crippen LogP contribution in [0.15, 0.2) is 30.5 Å². The fraction of sp³-hybridized carbons (Fsp3) is 0.231. The van der Waals surface area contributed by atoms with Crippen molar-refractivity contribution in [3.8, 4) is 11.3 Å². The molecule has 2 aromatic rings. The Hall–Kier alpha value is -2.70. The molecular formula is C13H13N3O4. The van der Waals surface area contributed by atoms with Gasteiger partial charge < -0.3 is 5.11 Å². The van der Waals surface area contributed by atoms with Gasteiger partial charge in [-0.1, -0.05) is 12.1 Å². The first-order chi connectivity index (χ1) is 9.40. The molecule has 0 unspecified atom stereocenters. The topological polar surface area (TPSA) is 98.3 Å². The first kappa shape index (κ1) is 13.7. The third-order valence-electron chi connectivity index (χ3n) is 2.82. The second kappa shape index (κ2) is 5.12. The summed E-state index contributed by atoms with van der Waals surface area (Å²) in [7, 11) is 0. The highest BCUT2D eigenvalue weighted by Gasteiger charge is 2.19. The smallest absolute Gasteiger partial charge is 0.339 e. The molecule has 1 aromatic carbocycles. The van der Waals surface area contributed by atoms with E-state index in [9.17, 15) is 20.0 Å². The van der Waals surface area contributed by atoms with Crippen LogP contribution in [0.2, 0.25) is 0 Å². The normalized spacial score (nSPS) is 10.8. The van der Waals surface area contributed by atoms with Crippen molar-refractivity contribution in [2.45, 2.75) is 19.9 Å². The van der Waals surface area contributed by atoms with Crippen LogP contribution in [0.5, 0.6) is 0 Å². The predicted octanol–water partition coefficient (Wildman–Crippen LogP) is 2.74. The zero-order valence-electron chi connectivity index (χ0n) is 11.0. The van der Waals surface area contributed by atoms with Crippen LogP contribution in [0.25, 0.3) is 11.3 Å². The molecule has 20 heavy (non-hydrogen) atoms. The zero-order valence-corrected chi connectivity index (χ0v) is 11.0. The third-order valence-corrected chi connectivity index (χ3v) is 2.82. The minimum Gasteiger partial charge on any atom is -0.478 e. The van der Waals surface area contributed by atoms with Crippen molar-refractivity contribution in [1.29, 1.82) is 0 Å². The summed E-state index contributed by atoms with van der Waals surface area (Å²) in [4.78, 5) is 21.5. The second-order valence-electron chi connectivity index (χ2n) is 4.58. The average molecular weight is 275 g/mol. The van der Waals surface area contributed by atoms with E-state index >= 15 is 0 Å². The number of carboxylic acid groups (broad SMARTS) is 1. The van der Waals surface area contributed by atoms with E-state index in [4.69, 9.17) is 0 Å². The summed E-state index contributed by atoms with van der Waals surface area (Å²) >= 11 is 0. The Morgan fingerprint density at radius 1 is 1.45 bits per heavy atom. The molecular weight excluding hydrogens is 262 g/mol. The Morgan fingerprint density at radius 2 is 2.15 bits per heavy atom. The minimum absolute atomic E-state index is 0.000507. The number of non-ortho nitro benzene ring substituents is 1. The standard InChI is InChI=1S/C13H13N3O4/c1-8(2)15-7-11(13(17)18)12(14-15)9-4-3-5-10(6-9)16(19)20/h3-8H,1-2H3,(H,17,18). The van der Waals surface area contributed by atoms with E-state index in [0.29, 0.717) is 5.56 Å². The number of carboxylic acids is 1. The number of rotatable bonds is 4. The number of benzene rings is 1. The Kier molecular flexibility index (Phi) is 3.51. The summed E-state index contributed by atoms with van der Waals surface area (Å²) in [5, 5.41) is 24.2. The van der Waals surface area contributed by atoms with Gasteiger partial charge in [-0.25, -0.2) is 4.79 Å².